The number of anilines is 1. The van der Waals surface area contributed by atoms with E-state index < -0.39 is 0 Å². The molecule has 0 spiro atoms. The van der Waals surface area contributed by atoms with Crippen molar-refractivity contribution in [2.24, 2.45) is 4.99 Å². The summed E-state index contributed by atoms with van der Waals surface area (Å²) in [6.07, 6.45) is 6.89. The van der Waals surface area contributed by atoms with E-state index in [9.17, 15) is 0 Å². The summed E-state index contributed by atoms with van der Waals surface area (Å²) >= 11 is 3.16. The minimum atomic E-state index is 0.160. The number of rotatable bonds is 6. The maximum absolute atomic E-state index is 6.22. The van der Waals surface area contributed by atoms with Crippen LogP contribution in [0, 0.1) is 6.92 Å². The van der Waals surface area contributed by atoms with E-state index in [2.05, 4.69) is 34.7 Å². The summed E-state index contributed by atoms with van der Waals surface area (Å²) in [5, 5.41) is 3.66. The van der Waals surface area contributed by atoms with Gasteiger partial charge in [-0.05, 0) is 39.1 Å². The molecule has 0 amide bonds. The number of aliphatic imine (C=N–C) groups is 1. The summed E-state index contributed by atoms with van der Waals surface area (Å²) in [5.41, 5.74) is 8.12. The Hall–Kier alpha value is -2.38. The smallest absolute Gasteiger partial charge is 0.192 e. The maximum atomic E-state index is 6.22. The van der Waals surface area contributed by atoms with Crippen LogP contribution in [0.1, 0.15) is 36.8 Å². The summed E-state index contributed by atoms with van der Waals surface area (Å²) in [6.45, 7) is 9.81. The molecule has 2 N–H and O–H groups in total. The number of nitrogens with two attached hydrogens (primary N) is 1. The zero-order chi connectivity index (χ0) is 18.7. The van der Waals surface area contributed by atoms with Gasteiger partial charge in [0, 0.05) is 27.6 Å². The van der Waals surface area contributed by atoms with E-state index in [1.165, 1.54) is 16.2 Å². The largest absolute Gasteiger partial charge is 0.383 e. The Morgan fingerprint density at radius 2 is 2.19 bits per heavy atom. The van der Waals surface area contributed by atoms with Gasteiger partial charge in [-0.15, -0.1) is 22.7 Å². The third-order valence-corrected chi connectivity index (χ3v) is 6.10. The summed E-state index contributed by atoms with van der Waals surface area (Å²) < 4.78 is 0. The number of fused-ring (bicyclic) bond motifs is 1. The monoisotopic (exact) mass is 383 g/mol. The fourth-order valence-corrected chi connectivity index (χ4v) is 4.68. The van der Waals surface area contributed by atoms with Crippen LogP contribution in [0.4, 0.5) is 5.82 Å². The van der Waals surface area contributed by atoms with Gasteiger partial charge in [0.25, 0.3) is 0 Å². The van der Waals surface area contributed by atoms with Crippen molar-refractivity contribution in [2.45, 2.75) is 33.1 Å². The SMILES string of the molecule is C=NC(=CC=CC)C(CC)c1cc2c(N)nc(-c3nc(C)cs3)nc2s1. The van der Waals surface area contributed by atoms with Crippen molar-refractivity contribution in [2.75, 3.05) is 5.73 Å². The minimum Gasteiger partial charge on any atom is -0.383 e. The van der Waals surface area contributed by atoms with Crippen LogP contribution in [0.15, 0.2) is 40.4 Å². The molecule has 26 heavy (non-hydrogen) atoms. The zero-order valence-electron chi connectivity index (χ0n) is 15.1. The molecule has 7 heteroatoms. The van der Waals surface area contributed by atoms with Crippen molar-refractivity contribution in [3.63, 3.8) is 0 Å². The average molecular weight is 384 g/mol. The van der Waals surface area contributed by atoms with Crippen LogP contribution in [0.3, 0.4) is 0 Å². The second-order valence-corrected chi connectivity index (χ2v) is 7.75. The first-order valence-electron chi connectivity index (χ1n) is 8.36. The number of thiophene rings is 1. The van der Waals surface area contributed by atoms with Crippen LogP contribution < -0.4 is 5.73 Å². The fourth-order valence-electron chi connectivity index (χ4n) is 2.72. The number of nitrogens with zero attached hydrogens (tertiary/aromatic N) is 4. The topological polar surface area (TPSA) is 77.0 Å². The van der Waals surface area contributed by atoms with Crippen LogP contribution in [0.2, 0.25) is 0 Å². The van der Waals surface area contributed by atoms with Crippen molar-refractivity contribution in [3.05, 3.63) is 45.9 Å². The second kappa shape index (κ2) is 7.88. The molecule has 1 unspecified atom stereocenters. The number of allylic oxidation sites excluding steroid dienone is 4. The fraction of sp³-hybridized carbons (Fsp3) is 0.263. The number of hydrogen-bond donors (Lipinski definition) is 1. The Balaban J connectivity index is 2.08. The molecule has 0 aliphatic rings. The van der Waals surface area contributed by atoms with Crippen LogP contribution in [-0.4, -0.2) is 21.7 Å². The quantitative estimate of drug-likeness (QED) is 0.459. The summed E-state index contributed by atoms with van der Waals surface area (Å²) in [5.74, 6) is 1.23. The highest BCUT2D eigenvalue weighted by Crippen LogP contribution is 2.38. The molecular weight excluding hydrogens is 362 g/mol. The summed E-state index contributed by atoms with van der Waals surface area (Å²) in [6, 6.07) is 2.08. The van der Waals surface area contributed by atoms with E-state index in [1.807, 2.05) is 37.5 Å². The molecule has 0 saturated heterocycles. The molecule has 0 aliphatic heterocycles. The summed E-state index contributed by atoms with van der Waals surface area (Å²) in [7, 11) is 0. The standard InChI is InChI=1S/C19H21N5S2/c1-5-7-8-14(21-4)12(6-2)15-9-13-16(20)23-17(24-18(13)26-15)19-22-11(3)10-25-19/h5,7-10,12H,4,6H2,1-3H3,(H2,20,23,24). The van der Waals surface area contributed by atoms with Crippen molar-refractivity contribution < 1.29 is 0 Å². The van der Waals surface area contributed by atoms with Crippen molar-refractivity contribution in [3.8, 4) is 10.8 Å². The van der Waals surface area contributed by atoms with Crippen LogP contribution in [0.25, 0.3) is 21.0 Å². The van der Waals surface area contributed by atoms with Crippen LogP contribution in [0.5, 0.6) is 0 Å². The van der Waals surface area contributed by atoms with Gasteiger partial charge in [-0.25, -0.2) is 15.0 Å². The normalized spacial score (nSPS) is 13.6. The summed E-state index contributed by atoms with van der Waals surface area (Å²) in [4.78, 5) is 19.9. The van der Waals surface area contributed by atoms with Crippen LogP contribution in [-0.2, 0) is 0 Å². The Morgan fingerprint density at radius 1 is 1.38 bits per heavy atom. The number of nitrogen functional groups attached to an aromatic ring is 1. The van der Waals surface area contributed by atoms with E-state index in [0.717, 1.165) is 33.0 Å². The van der Waals surface area contributed by atoms with Gasteiger partial charge in [0.2, 0.25) is 0 Å². The van der Waals surface area contributed by atoms with Crippen LogP contribution >= 0.6 is 22.7 Å². The Labute approximate surface area is 161 Å². The maximum Gasteiger partial charge on any atom is 0.192 e. The van der Waals surface area contributed by atoms with Gasteiger partial charge in [-0.3, -0.25) is 4.99 Å². The molecule has 0 radical (unpaired) electrons. The van der Waals surface area contributed by atoms with E-state index in [-0.39, 0.29) is 5.92 Å². The van der Waals surface area contributed by atoms with Gasteiger partial charge in [0.1, 0.15) is 10.6 Å². The van der Waals surface area contributed by atoms with Crippen molar-refractivity contribution in [1.29, 1.82) is 0 Å². The van der Waals surface area contributed by atoms with Crippen molar-refractivity contribution >= 4 is 45.4 Å². The number of hydrogen-bond acceptors (Lipinski definition) is 7. The molecule has 0 fully saturated rings. The number of aryl methyl sites for hydroxylation is 1. The number of thiazole rings is 1. The lowest BCUT2D eigenvalue weighted by Gasteiger charge is -2.12. The first kappa shape index (κ1) is 18.4. The molecule has 3 aromatic rings. The predicted molar refractivity (Wildman–Crippen MR) is 113 cm³/mol. The average Bonchev–Trinajstić information content (AvgIpc) is 3.25. The third kappa shape index (κ3) is 3.59. The minimum absolute atomic E-state index is 0.160. The Bertz CT molecular complexity index is 997. The zero-order valence-corrected chi connectivity index (χ0v) is 16.7. The van der Waals surface area contributed by atoms with Gasteiger partial charge in [0.05, 0.1) is 5.39 Å². The Kier molecular flexibility index (Phi) is 5.58. The molecule has 0 aliphatic carbocycles. The Morgan fingerprint density at radius 3 is 2.81 bits per heavy atom. The highest BCUT2D eigenvalue weighted by Gasteiger charge is 2.19. The first-order chi connectivity index (χ1) is 12.6. The number of aromatic nitrogens is 3. The molecule has 3 heterocycles. The van der Waals surface area contributed by atoms with E-state index in [4.69, 9.17) is 10.7 Å². The molecule has 0 bridgehead atoms. The highest BCUT2D eigenvalue weighted by atomic mass is 32.1. The van der Waals surface area contributed by atoms with Gasteiger partial charge in [-0.1, -0.05) is 19.1 Å². The van der Waals surface area contributed by atoms with Gasteiger partial charge in [0.15, 0.2) is 10.8 Å². The molecular formula is C19H21N5S2. The molecule has 3 aromatic heterocycles. The predicted octanol–water partition coefficient (Wildman–Crippen LogP) is 5.36. The molecule has 3 rings (SSSR count). The van der Waals surface area contributed by atoms with Crippen molar-refractivity contribution in [1.82, 2.24) is 15.0 Å². The lowest BCUT2D eigenvalue weighted by molar-refractivity contribution is 0.767. The van der Waals surface area contributed by atoms with E-state index >= 15 is 0 Å². The third-order valence-electron chi connectivity index (χ3n) is 4.00. The molecule has 0 aromatic carbocycles. The van der Waals surface area contributed by atoms with Gasteiger partial charge >= 0.3 is 0 Å². The van der Waals surface area contributed by atoms with Gasteiger partial charge in [-0.2, -0.15) is 0 Å². The highest BCUT2D eigenvalue weighted by molar-refractivity contribution is 7.18. The molecule has 5 nitrogen and oxygen atoms in total. The second-order valence-electron chi connectivity index (χ2n) is 5.83. The lowest BCUT2D eigenvalue weighted by atomic mass is 9.99. The lowest BCUT2D eigenvalue weighted by Crippen LogP contribution is -1.97. The molecule has 1 atom stereocenters. The van der Waals surface area contributed by atoms with E-state index in [0.29, 0.717) is 11.6 Å². The molecule has 134 valence electrons. The van der Waals surface area contributed by atoms with Gasteiger partial charge < -0.3 is 5.73 Å². The first-order valence-corrected chi connectivity index (χ1v) is 10.1. The van der Waals surface area contributed by atoms with E-state index in [1.54, 1.807) is 11.3 Å². The molecule has 0 saturated carbocycles.